The van der Waals surface area contributed by atoms with Gasteiger partial charge in [0.05, 0.1) is 5.69 Å². The monoisotopic (exact) mass is 347 g/mol. The molecular formula is C15H11F2N5O3. The van der Waals surface area contributed by atoms with Gasteiger partial charge in [0.25, 0.3) is 17.5 Å². The lowest BCUT2D eigenvalue weighted by molar-refractivity contribution is -0.119. The Balaban J connectivity index is 1.64. The van der Waals surface area contributed by atoms with Gasteiger partial charge in [-0.05, 0) is 25.1 Å². The molecule has 1 amide bonds. The van der Waals surface area contributed by atoms with Gasteiger partial charge in [-0.15, -0.1) is 5.10 Å². The van der Waals surface area contributed by atoms with Crippen molar-refractivity contribution in [2.45, 2.75) is 6.92 Å². The zero-order valence-electron chi connectivity index (χ0n) is 12.9. The molecular weight excluding hydrogens is 336 g/mol. The highest BCUT2D eigenvalue weighted by Crippen LogP contribution is 2.15. The topological polar surface area (TPSA) is 98.5 Å². The Hall–Kier alpha value is -3.43. The number of nitrogens with one attached hydrogen (secondary N) is 1. The summed E-state index contributed by atoms with van der Waals surface area (Å²) in [7, 11) is 0. The molecule has 25 heavy (non-hydrogen) atoms. The van der Waals surface area contributed by atoms with Gasteiger partial charge in [-0.3, -0.25) is 4.79 Å². The molecule has 3 rings (SSSR count). The first kappa shape index (κ1) is 16.4. The molecule has 3 aromatic rings. The number of amides is 1. The summed E-state index contributed by atoms with van der Waals surface area (Å²) in [5.74, 6) is -3.38. The molecule has 10 heteroatoms. The smallest absolute Gasteiger partial charge is 0.378 e. The fourth-order valence-electron chi connectivity index (χ4n) is 1.97. The molecule has 1 aromatic carbocycles. The molecule has 0 saturated heterocycles. The quantitative estimate of drug-likeness (QED) is 0.718. The Morgan fingerprint density at radius 1 is 1.28 bits per heavy atom. The van der Waals surface area contributed by atoms with E-state index in [1.54, 1.807) is 13.0 Å². The van der Waals surface area contributed by atoms with Crippen molar-refractivity contribution in [3.05, 3.63) is 53.6 Å². The largest absolute Gasteiger partial charge is 0.450 e. The lowest BCUT2D eigenvalue weighted by Gasteiger charge is -2.06. The molecule has 1 N–H and O–H groups in total. The van der Waals surface area contributed by atoms with Crippen molar-refractivity contribution >= 4 is 23.3 Å². The van der Waals surface area contributed by atoms with Crippen molar-refractivity contribution in [3.8, 4) is 0 Å². The highest BCUT2D eigenvalue weighted by atomic mass is 19.1. The first-order valence-corrected chi connectivity index (χ1v) is 7.04. The summed E-state index contributed by atoms with van der Waals surface area (Å²) in [6.45, 7) is 1.04. The summed E-state index contributed by atoms with van der Waals surface area (Å²) in [4.78, 5) is 31.4. The highest BCUT2D eigenvalue weighted by Gasteiger charge is 2.18. The molecule has 0 fully saturated rings. The second-order valence-electron chi connectivity index (χ2n) is 4.98. The van der Waals surface area contributed by atoms with Gasteiger partial charge in [0.1, 0.15) is 11.6 Å². The van der Waals surface area contributed by atoms with Gasteiger partial charge < -0.3 is 10.1 Å². The van der Waals surface area contributed by atoms with E-state index < -0.39 is 30.1 Å². The van der Waals surface area contributed by atoms with Crippen LogP contribution in [0.25, 0.3) is 5.78 Å². The lowest BCUT2D eigenvalue weighted by atomic mass is 10.3. The zero-order valence-corrected chi connectivity index (χ0v) is 12.9. The van der Waals surface area contributed by atoms with Crippen LogP contribution in [0, 0.1) is 18.6 Å². The Bertz CT molecular complexity index is 973. The maximum Gasteiger partial charge on any atom is 0.378 e. The Kier molecular flexibility index (Phi) is 4.33. The summed E-state index contributed by atoms with van der Waals surface area (Å²) >= 11 is 0. The van der Waals surface area contributed by atoms with Crippen LogP contribution >= 0.6 is 0 Å². The number of anilines is 1. The Labute approximate surface area is 139 Å². The SMILES string of the molecule is Cc1ccnc2nc(C(=O)OCC(=O)Nc3cc(F)ccc3F)nn12. The third-order valence-corrected chi connectivity index (χ3v) is 3.15. The standard InChI is InChI=1S/C15H11F2N5O3/c1-8-4-5-18-15-20-13(21-22(8)15)14(24)25-7-12(23)19-11-6-9(16)2-3-10(11)17/h2-6H,7H2,1H3,(H,19,23). The molecule has 0 radical (unpaired) electrons. The van der Waals surface area contributed by atoms with E-state index in [0.717, 1.165) is 18.2 Å². The van der Waals surface area contributed by atoms with Crippen LogP contribution in [-0.4, -0.2) is 38.1 Å². The molecule has 2 aromatic heterocycles. The predicted molar refractivity (Wildman–Crippen MR) is 80.8 cm³/mol. The number of aryl methyl sites for hydroxylation is 1. The fraction of sp³-hybridized carbons (Fsp3) is 0.133. The minimum Gasteiger partial charge on any atom is -0.450 e. The zero-order chi connectivity index (χ0) is 18.0. The average molecular weight is 347 g/mol. The van der Waals surface area contributed by atoms with E-state index in [1.165, 1.54) is 10.7 Å². The van der Waals surface area contributed by atoms with Crippen LogP contribution < -0.4 is 5.32 Å². The van der Waals surface area contributed by atoms with Gasteiger partial charge >= 0.3 is 5.97 Å². The number of esters is 1. The number of carbonyl (C=O) groups excluding carboxylic acids is 2. The number of carbonyl (C=O) groups is 2. The van der Waals surface area contributed by atoms with Gasteiger partial charge in [-0.1, -0.05) is 0 Å². The van der Waals surface area contributed by atoms with Crippen LogP contribution in [0.2, 0.25) is 0 Å². The summed E-state index contributed by atoms with van der Waals surface area (Å²) in [6.07, 6.45) is 1.51. The van der Waals surface area contributed by atoms with Crippen molar-refractivity contribution < 1.29 is 23.1 Å². The maximum atomic E-state index is 13.4. The van der Waals surface area contributed by atoms with E-state index in [4.69, 9.17) is 4.74 Å². The molecule has 128 valence electrons. The third kappa shape index (κ3) is 3.57. The summed E-state index contributed by atoms with van der Waals surface area (Å²) in [6, 6.07) is 4.27. The molecule has 0 saturated carbocycles. The van der Waals surface area contributed by atoms with Gasteiger partial charge in [0.15, 0.2) is 6.61 Å². The molecule has 8 nitrogen and oxygen atoms in total. The van der Waals surface area contributed by atoms with Crippen LogP contribution in [0.3, 0.4) is 0 Å². The van der Waals surface area contributed by atoms with E-state index >= 15 is 0 Å². The predicted octanol–water partition coefficient (Wildman–Crippen LogP) is 1.51. The van der Waals surface area contributed by atoms with Gasteiger partial charge in [0.2, 0.25) is 0 Å². The molecule has 0 bridgehead atoms. The van der Waals surface area contributed by atoms with E-state index in [0.29, 0.717) is 5.69 Å². The molecule has 0 aliphatic heterocycles. The number of fused-ring (bicyclic) bond motifs is 1. The Morgan fingerprint density at radius 3 is 2.84 bits per heavy atom. The molecule has 0 aliphatic rings. The van der Waals surface area contributed by atoms with E-state index in [9.17, 15) is 18.4 Å². The van der Waals surface area contributed by atoms with E-state index in [-0.39, 0.29) is 17.3 Å². The second-order valence-corrected chi connectivity index (χ2v) is 4.98. The minimum atomic E-state index is -0.945. The summed E-state index contributed by atoms with van der Waals surface area (Å²) < 4.78 is 32.6. The number of ether oxygens (including phenoxy) is 1. The molecule has 0 unspecified atom stereocenters. The summed E-state index contributed by atoms with van der Waals surface area (Å²) in [5.41, 5.74) is 0.350. The third-order valence-electron chi connectivity index (χ3n) is 3.15. The van der Waals surface area contributed by atoms with Gasteiger partial charge in [-0.2, -0.15) is 4.98 Å². The number of benzene rings is 1. The van der Waals surface area contributed by atoms with Crippen LogP contribution in [-0.2, 0) is 9.53 Å². The van der Waals surface area contributed by atoms with E-state index in [1.807, 2.05) is 0 Å². The maximum absolute atomic E-state index is 13.4. The first-order valence-electron chi connectivity index (χ1n) is 7.04. The van der Waals surface area contributed by atoms with Crippen molar-refractivity contribution in [2.75, 3.05) is 11.9 Å². The lowest BCUT2D eigenvalue weighted by Crippen LogP contribution is -2.22. The minimum absolute atomic E-state index is 0.207. The highest BCUT2D eigenvalue weighted by molar-refractivity contribution is 5.94. The van der Waals surface area contributed by atoms with E-state index in [2.05, 4.69) is 20.4 Å². The Morgan fingerprint density at radius 2 is 2.08 bits per heavy atom. The van der Waals surface area contributed by atoms with Crippen molar-refractivity contribution in [1.29, 1.82) is 0 Å². The fourth-order valence-corrected chi connectivity index (χ4v) is 1.97. The summed E-state index contributed by atoms with van der Waals surface area (Å²) in [5, 5.41) is 6.03. The molecule has 2 heterocycles. The van der Waals surface area contributed by atoms with Crippen LogP contribution in [0.5, 0.6) is 0 Å². The average Bonchev–Trinajstić information content (AvgIpc) is 3.02. The first-order chi connectivity index (χ1) is 11.9. The normalized spacial score (nSPS) is 10.7. The van der Waals surface area contributed by atoms with Crippen molar-refractivity contribution in [1.82, 2.24) is 19.6 Å². The number of aromatic nitrogens is 4. The molecule has 0 aliphatic carbocycles. The van der Waals surface area contributed by atoms with Gasteiger partial charge in [0, 0.05) is 18.0 Å². The number of halogens is 2. The number of nitrogens with zero attached hydrogens (tertiary/aromatic N) is 4. The number of hydrogen-bond donors (Lipinski definition) is 1. The second kappa shape index (κ2) is 6.59. The van der Waals surface area contributed by atoms with Crippen LogP contribution in [0.1, 0.15) is 16.3 Å². The molecule has 0 spiro atoms. The number of hydrogen-bond acceptors (Lipinski definition) is 6. The van der Waals surface area contributed by atoms with Gasteiger partial charge in [-0.25, -0.2) is 23.1 Å². The van der Waals surface area contributed by atoms with Crippen LogP contribution in [0.4, 0.5) is 14.5 Å². The molecule has 0 atom stereocenters. The number of rotatable bonds is 4. The van der Waals surface area contributed by atoms with Crippen LogP contribution in [0.15, 0.2) is 30.5 Å². The van der Waals surface area contributed by atoms with Crippen molar-refractivity contribution in [2.24, 2.45) is 0 Å². The van der Waals surface area contributed by atoms with Crippen molar-refractivity contribution in [3.63, 3.8) is 0 Å².